The fourth-order valence-corrected chi connectivity index (χ4v) is 4.10. The van der Waals surface area contributed by atoms with E-state index in [2.05, 4.69) is 34.5 Å². The number of carbonyl (C=O) groups is 2. The van der Waals surface area contributed by atoms with E-state index in [4.69, 9.17) is 4.74 Å². The number of likely N-dealkylation sites (tertiary alicyclic amines) is 2. The van der Waals surface area contributed by atoms with Gasteiger partial charge in [0, 0.05) is 45.2 Å². The average Bonchev–Trinajstić information content (AvgIpc) is 3.13. The third kappa shape index (κ3) is 5.96. The monoisotopic (exact) mass is 373 g/mol. The van der Waals surface area contributed by atoms with Gasteiger partial charge in [-0.15, -0.1) is 0 Å². The van der Waals surface area contributed by atoms with E-state index in [1.807, 2.05) is 6.07 Å². The molecule has 2 fully saturated rings. The predicted molar refractivity (Wildman–Crippen MR) is 104 cm³/mol. The van der Waals surface area contributed by atoms with Gasteiger partial charge in [0.2, 0.25) is 5.91 Å². The van der Waals surface area contributed by atoms with Gasteiger partial charge in [-0.05, 0) is 37.2 Å². The topological polar surface area (TPSA) is 61.9 Å². The van der Waals surface area contributed by atoms with Crippen molar-refractivity contribution in [2.75, 3.05) is 33.3 Å². The largest absolute Gasteiger partial charge is 0.453 e. The summed E-state index contributed by atoms with van der Waals surface area (Å²) in [5.41, 5.74) is 1.32. The van der Waals surface area contributed by atoms with Crippen LogP contribution >= 0.6 is 0 Å². The zero-order valence-corrected chi connectivity index (χ0v) is 16.2. The Bertz CT molecular complexity index is 614. The van der Waals surface area contributed by atoms with Crippen LogP contribution in [0.5, 0.6) is 0 Å². The molecule has 6 heteroatoms. The number of benzene rings is 1. The van der Waals surface area contributed by atoms with Gasteiger partial charge >= 0.3 is 6.09 Å². The van der Waals surface area contributed by atoms with E-state index in [9.17, 15) is 9.59 Å². The quantitative estimate of drug-likeness (QED) is 0.833. The standard InChI is InChI=1S/C21H31N3O3/c1-27-21(26)24-13-9-17(10-14-24)7-8-20(25)22-19-11-12-23(16-19)15-18-5-3-2-4-6-18/h2-6,17,19H,7-16H2,1H3,(H,22,25). The van der Waals surface area contributed by atoms with E-state index in [0.29, 0.717) is 12.3 Å². The Hall–Kier alpha value is -2.08. The van der Waals surface area contributed by atoms with Crippen molar-refractivity contribution in [3.8, 4) is 0 Å². The molecule has 2 aliphatic heterocycles. The summed E-state index contributed by atoms with van der Waals surface area (Å²) < 4.78 is 4.76. The minimum Gasteiger partial charge on any atom is -0.453 e. The second-order valence-corrected chi connectivity index (χ2v) is 7.71. The molecule has 1 atom stereocenters. The second-order valence-electron chi connectivity index (χ2n) is 7.71. The number of nitrogens with one attached hydrogen (secondary N) is 1. The summed E-state index contributed by atoms with van der Waals surface area (Å²) in [4.78, 5) is 28.0. The van der Waals surface area contributed by atoms with Crippen molar-refractivity contribution < 1.29 is 14.3 Å². The normalized spacial score (nSPS) is 21.2. The van der Waals surface area contributed by atoms with Gasteiger partial charge in [-0.1, -0.05) is 30.3 Å². The van der Waals surface area contributed by atoms with Crippen molar-refractivity contribution in [3.63, 3.8) is 0 Å². The Morgan fingerprint density at radius 1 is 1.11 bits per heavy atom. The van der Waals surface area contributed by atoms with Crippen LogP contribution in [-0.2, 0) is 16.1 Å². The molecule has 148 valence electrons. The van der Waals surface area contributed by atoms with Crippen molar-refractivity contribution in [1.82, 2.24) is 15.1 Å². The highest BCUT2D eigenvalue weighted by Crippen LogP contribution is 2.22. The fourth-order valence-electron chi connectivity index (χ4n) is 4.10. The first-order valence-electron chi connectivity index (χ1n) is 10.0. The van der Waals surface area contributed by atoms with E-state index in [1.165, 1.54) is 12.7 Å². The third-order valence-corrected chi connectivity index (χ3v) is 5.71. The molecule has 1 unspecified atom stereocenters. The smallest absolute Gasteiger partial charge is 0.409 e. The molecular formula is C21H31N3O3. The minimum absolute atomic E-state index is 0.164. The molecule has 6 nitrogen and oxygen atoms in total. The summed E-state index contributed by atoms with van der Waals surface area (Å²) in [6.45, 7) is 4.38. The molecular weight excluding hydrogens is 342 g/mol. The lowest BCUT2D eigenvalue weighted by atomic mass is 9.92. The Balaban J connectivity index is 1.32. The van der Waals surface area contributed by atoms with Crippen molar-refractivity contribution in [1.29, 1.82) is 0 Å². The first kappa shape index (κ1) is 19.7. The van der Waals surface area contributed by atoms with Gasteiger partial charge < -0.3 is 15.0 Å². The van der Waals surface area contributed by atoms with Gasteiger partial charge in [0.1, 0.15) is 0 Å². The van der Waals surface area contributed by atoms with E-state index >= 15 is 0 Å². The lowest BCUT2D eigenvalue weighted by Crippen LogP contribution is -2.39. The van der Waals surface area contributed by atoms with Gasteiger partial charge in [-0.3, -0.25) is 9.69 Å². The molecule has 1 aromatic rings. The van der Waals surface area contributed by atoms with Gasteiger partial charge in [0.25, 0.3) is 0 Å². The number of hydrogen-bond acceptors (Lipinski definition) is 4. The molecule has 3 rings (SSSR count). The fraction of sp³-hybridized carbons (Fsp3) is 0.619. The number of nitrogens with zero attached hydrogens (tertiary/aromatic N) is 2. The van der Waals surface area contributed by atoms with Crippen LogP contribution in [0, 0.1) is 5.92 Å². The number of rotatable bonds is 6. The molecule has 2 saturated heterocycles. The summed E-state index contributed by atoms with van der Waals surface area (Å²) in [5, 5.41) is 3.21. The van der Waals surface area contributed by atoms with E-state index in [1.54, 1.807) is 4.90 Å². The highest BCUT2D eigenvalue weighted by atomic mass is 16.5. The molecule has 2 amide bonds. The molecule has 0 bridgehead atoms. The van der Waals surface area contributed by atoms with E-state index in [0.717, 1.165) is 58.4 Å². The maximum absolute atomic E-state index is 12.3. The van der Waals surface area contributed by atoms with Crippen LogP contribution in [0.3, 0.4) is 0 Å². The summed E-state index contributed by atoms with van der Waals surface area (Å²) in [5.74, 6) is 0.687. The van der Waals surface area contributed by atoms with E-state index < -0.39 is 0 Å². The SMILES string of the molecule is COC(=O)N1CCC(CCC(=O)NC2CCN(Cc3ccccc3)C2)CC1. The van der Waals surface area contributed by atoms with Gasteiger partial charge in [-0.25, -0.2) is 4.79 Å². The van der Waals surface area contributed by atoms with Crippen molar-refractivity contribution >= 4 is 12.0 Å². The molecule has 1 aromatic carbocycles. The molecule has 27 heavy (non-hydrogen) atoms. The van der Waals surface area contributed by atoms with Crippen molar-refractivity contribution in [3.05, 3.63) is 35.9 Å². The summed E-state index contributed by atoms with van der Waals surface area (Å²) in [7, 11) is 1.42. The molecule has 0 spiro atoms. The first-order valence-corrected chi connectivity index (χ1v) is 10.0. The number of carbonyl (C=O) groups excluding carboxylic acids is 2. The second kappa shape index (κ2) is 9.74. The molecule has 0 aliphatic carbocycles. The molecule has 2 aliphatic rings. The van der Waals surface area contributed by atoms with Gasteiger partial charge in [0.15, 0.2) is 0 Å². The first-order chi connectivity index (χ1) is 13.1. The van der Waals surface area contributed by atoms with E-state index in [-0.39, 0.29) is 18.0 Å². The predicted octanol–water partition coefficient (Wildman–Crippen LogP) is 2.64. The van der Waals surface area contributed by atoms with Crippen LogP contribution in [0.15, 0.2) is 30.3 Å². The Labute approximate surface area is 161 Å². The zero-order valence-electron chi connectivity index (χ0n) is 16.2. The molecule has 0 aromatic heterocycles. The summed E-state index contributed by atoms with van der Waals surface area (Å²) in [6, 6.07) is 10.7. The average molecular weight is 373 g/mol. The Kier molecular flexibility index (Phi) is 7.10. The highest BCUT2D eigenvalue weighted by molar-refractivity contribution is 5.76. The molecule has 1 N–H and O–H groups in total. The highest BCUT2D eigenvalue weighted by Gasteiger charge is 2.26. The number of amides is 2. The van der Waals surface area contributed by atoms with Crippen LogP contribution in [0.2, 0.25) is 0 Å². The lowest BCUT2D eigenvalue weighted by molar-refractivity contribution is -0.122. The number of ether oxygens (including phenoxy) is 1. The molecule has 2 heterocycles. The van der Waals surface area contributed by atoms with Crippen LogP contribution < -0.4 is 5.32 Å². The van der Waals surface area contributed by atoms with Crippen LogP contribution in [0.25, 0.3) is 0 Å². The Morgan fingerprint density at radius 3 is 2.56 bits per heavy atom. The maximum Gasteiger partial charge on any atom is 0.409 e. The van der Waals surface area contributed by atoms with Crippen molar-refractivity contribution in [2.24, 2.45) is 5.92 Å². The third-order valence-electron chi connectivity index (χ3n) is 5.71. The number of hydrogen-bond donors (Lipinski definition) is 1. The van der Waals surface area contributed by atoms with Crippen LogP contribution in [-0.4, -0.2) is 61.1 Å². The summed E-state index contributed by atoms with van der Waals surface area (Å²) >= 11 is 0. The molecule has 0 radical (unpaired) electrons. The number of methoxy groups -OCH3 is 1. The summed E-state index contributed by atoms with van der Waals surface area (Å²) in [6.07, 6.45) is 4.18. The Morgan fingerprint density at radius 2 is 1.85 bits per heavy atom. The lowest BCUT2D eigenvalue weighted by Gasteiger charge is -2.30. The maximum atomic E-state index is 12.3. The van der Waals surface area contributed by atoms with Crippen LogP contribution in [0.4, 0.5) is 4.79 Å². The minimum atomic E-state index is -0.243. The zero-order chi connectivity index (χ0) is 19.1. The van der Waals surface area contributed by atoms with Gasteiger partial charge in [0.05, 0.1) is 7.11 Å². The number of piperidine rings is 1. The van der Waals surface area contributed by atoms with Crippen LogP contribution in [0.1, 0.15) is 37.7 Å². The molecule has 0 saturated carbocycles. The van der Waals surface area contributed by atoms with Crippen molar-refractivity contribution in [2.45, 2.75) is 44.7 Å². The van der Waals surface area contributed by atoms with Gasteiger partial charge in [-0.2, -0.15) is 0 Å².